The second-order valence-corrected chi connectivity index (χ2v) is 9.67. The van der Waals surface area contributed by atoms with Crippen molar-refractivity contribution >= 4 is 11.5 Å². The zero-order valence-corrected chi connectivity index (χ0v) is 22.5. The molecule has 0 saturated carbocycles. The fourth-order valence-electron chi connectivity index (χ4n) is 5.06. The molecule has 0 radical (unpaired) electrons. The molecule has 4 aromatic rings. The van der Waals surface area contributed by atoms with Gasteiger partial charge in [0.25, 0.3) is 0 Å². The Hall–Kier alpha value is -4.33. The molecule has 200 valence electrons. The average molecular weight is 528 g/mol. The summed E-state index contributed by atoms with van der Waals surface area (Å²) in [5.41, 5.74) is 6.21. The van der Waals surface area contributed by atoms with E-state index in [0.29, 0.717) is 39.4 Å². The standard InChI is InChI=1S/C31H31F2N5O/c1-5-20-8-7-9-21(6-2)28(20)38-30(27-13-15-37(4)36-27)35-18-24(31(38)39)16-23-11-10-22(17-26(23)32)25-12-14-34-29(33)19(25)3/h7-15,17,39H,5-6,16,18H2,1-4H3. The van der Waals surface area contributed by atoms with Crippen LogP contribution in [-0.4, -0.2) is 32.3 Å². The Kier molecular flexibility index (Phi) is 7.28. The van der Waals surface area contributed by atoms with E-state index in [2.05, 4.69) is 36.1 Å². The second-order valence-electron chi connectivity index (χ2n) is 9.67. The lowest BCUT2D eigenvalue weighted by molar-refractivity contribution is 0.391. The number of aliphatic imine (C=N–C) groups is 1. The first-order chi connectivity index (χ1) is 18.8. The summed E-state index contributed by atoms with van der Waals surface area (Å²) in [6, 6.07) is 14.5. The zero-order chi connectivity index (χ0) is 27.7. The molecule has 0 fully saturated rings. The predicted molar refractivity (Wildman–Crippen MR) is 150 cm³/mol. The van der Waals surface area contributed by atoms with Crippen molar-refractivity contribution in [2.24, 2.45) is 12.0 Å². The molecule has 0 amide bonds. The van der Waals surface area contributed by atoms with E-state index in [1.807, 2.05) is 25.4 Å². The Morgan fingerprint density at radius 1 is 0.974 bits per heavy atom. The molecule has 1 aliphatic heterocycles. The van der Waals surface area contributed by atoms with Crippen molar-refractivity contribution in [2.75, 3.05) is 11.4 Å². The number of aliphatic hydroxyl groups excluding tert-OH is 1. The molecule has 0 spiro atoms. The molecule has 0 saturated heterocycles. The number of nitrogens with zero attached hydrogens (tertiary/aromatic N) is 5. The highest BCUT2D eigenvalue weighted by atomic mass is 19.1. The highest BCUT2D eigenvalue weighted by molar-refractivity contribution is 6.12. The number of rotatable bonds is 7. The minimum Gasteiger partial charge on any atom is -0.494 e. The van der Waals surface area contributed by atoms with Crippen LogP contribution in [0.15, 0.2) is 77.4 Å². The number of aliphatic hydroxyl groups is 1. The Morgan fingerprint density at radius 3 is 2.36 bits per heavy atom. The van der Waals surface area contributed by atoms with Crippen molar-refractivity contribution in [1.29, 1.82) is 0 Å². The monoisotopic (exact) mass is 527 g/mol. The number of hydrogen-bond acceptors (Lipinski definition) is 5. The van der Waals surface area contributed by atoms with Crippen LogP contribution in [0.4, 0.5) is 14.5 Å². The van der Waals surface area contributed by atoms with Crippen LogP contribution in [0.25, 0.3) is 11.1 Å². The summed E-state index contributed by atoms with van der Waals surface area (Å²) < 4.78 is 31.1. The molecule has 6 nitrogen and oxygen atoms in total. The first-order valence-corrected chi connectivity index (χ1v) is 13.1. The van der Waals surface area contributed by atoms with Gasteiger partial charge < -0.3 is 5.11 Å². The topological polar surface area (TPSA) is 66.5 Å². The predicted octanol–water partition coefficient (Wildman–Crippen LogP) is 6.47. The number of anilines is 1. The van der Waals surface area contributed by atoms with Gasteiger partial charge in [-0.25, -0.2) is 9.37 Å². The van der Waals surface area contributed by atoms with Gasteiger partial charge in [-0.3, -0.25) is 14.6 Å². The number of hydrogen-bond donors (Lipinski definition) is 1. The van der Waals surface area contributed by atoms with Crippen LogP contribution < -0.4 is 4.90 Å². The van der Waals surface area contributed by atoms with Crippen LogP contribution >= 0.6 is 0 Å². The third kappa shape index (κ3) is 4.94. The van der Waals surface area contributed by atoms with E-state index < -0.39 is 11.8 Å². The van der Waals surface area contributed by atoms with Gasteiger partial charge in [-0.05, 0) is 65.8 Å². The zero-order valence-electron chi connectivity index (χ0n) is 22.5. The summed E-state index contributed by atoms with van der Waals surface area (Å²) in [5, 5.41) is 16.3. The quantitative estimate of drug-likeness (QED) is 0.280. The summed E-state index contributed by atoms with van der Waals surface area (Å²) in [6.45, 7) is 5.99. The van der Waals surface area contributed by atoms with Gasteiger partial charge in [0, 0.05) is 37.0 Å². The fraction of sp³-hybridized carbons (Fsp3) is 0.258. The van der Waals surface area contributed by atoms with Gasteiger partial charge in [0.1, 0.15) is 11.5 Å². The molecule has 3 heterocycles. The lowest BCUT2D eigenvalue weighted by atomic mass is 9.97. The summed E-state index contributed by atoms with van der Waals surface area (Å²) in [4.78, 5) is 10.3. The fourth-order valence-corrected chi connectivity index (χ4v) is 5.06. The van der Waals surface area contributed by atoms with Gasteiger partial charge in [-0.2, -0.15) is 9.49 Å². The van der Waals surface area contributed by atoms with Crippen LogP contribution in [0.5, 0.6) is 0 Å². The van der Waals surface area contributed by atoms with Crippen LogP contribution in [0.2, 0.25) is 0 Å². The van der Waals surface area contributed by atoms with E-state index in [1.54, 1.807) is 34.7 Å². The molecule has 39 heavy (non-hydrogen) atoms. The lowest BCUT2D eigenvalue weighted by Gasteiger charge is -2.32. The van der Waals surface area contributed by atoms with Crippen molar-refractivity contribution in [3.05, 3.63) is 112 Å². The summed E-state index contributed by atoms with van der Waals surface area (Å²) in [6.07, 6.45) is 4.92. The third-order valence-corrected chi connectivity index (χ3v) is 7.20. The van der Waals surface area contributed by atoms with Crippen molar-refractivity contribution in [3.63, 3.8) is 0 Å². The number of aromatic nitrogens is 3. The number of halogens is 2. The molecule has 0 unspecified atom stereocenters. The molecular weight excluding hydrogens is 496 g/mol. The Bertz CT molecular complexity index is 1580. The third-order valence-electron chi connectivity index (χ3n) is 7.20. The van der Waals surface area contributed by atoms with Gasteiger partial charge in [0.15, 0.2) is 11.7 Å². The number of pyridine rings is 1. The maximum Gasteiger partial charge on any atom is 0.216 e. The Morgan fingerprint density at radius 2 is 1.72 bits per heavy atom. The first kappa shape index (κ1) is 26.3. The molecule has 1 aliphatic rings. The van der Waals surface area contributed by atoms with E-state index >= 15 is 4.39 Å². The van der Waals surface area contributed by atoms with Crippen molar-refractivity contribution in [3.8, 4) is 11.1 Å². The van der Waals surface area contributed by atoms with E-state index in [9.17, 15) is 9.50 Å². The maximum absolute atomic E-state index is 15.4. The molecule has 0 bridgehead atoms. The number of para-hydroxylation sites is 1. The van der Waals surface area contributed by atoms with Crippen LogP contribution in [0.1, 0.15) is 41.8 Å². The van der Waals surface area contributed by atoms with Gasteiger partial charge >= 0.3 is 0 Å². The minimum atomic E-state index is -0.574. The van der Waals surface area contributed by atoms with E-state index in [-0.39, 0.29) is 18.8 Å². The highest BCUT2D eigenvalue weighted by Crippen LogP contribution is 2.35. The Labute approximate surface area is 227 Å². The highest BCUT2D eigenvalue weighted by Gasteiger charge is 2.31. The first-order valence-electron chi connectivity index (χ1n) is 13.1. The summed E-state index contributed by atoms with van der Waals surface area (Å²) in [7, 11) is 1.84. The molecule has 5 rings (SSSR count). The van der Waals surface area contributed by atoms with E-state index in [1.165, 1.54) is 12.3 Å². The van der Waals surface area contributed by atoms with Crippen LogP contribution in [0, 0.1) is 18.7 Å². The molecule has 0 aliphatic carbocycles. The number of amidine groups is 1. The smallest absolute Gasteiger partial charge is 0.216 e. The summed E-state index contributed by atoms with van der Waals surface area (Å²) >= 11 is 0. The second kappa shape index (κ2) is 10.8. The minimum absolute atomic E-state index is 0.0387. The van der Waals surface area contributed by atoms with Gasteiger partial charge in [0.2, 0.25) is 5.95 Å². The normalized spacial score (nSPS) is 13.7. The van der Waals surface area contributed by atoms with Crippen molar-refractivity contribution in [1.82, 2.24) is 14.8 Å². The van der Waals surface area contributed by atoms with E-state index in [0.717, 1.165) is 29.7 Å². The van der Waals surface area contributed by atoms with Crippen molar-refractivity contribution < 1.29 is 13.9 Å². The van der Waals surface area contributed by atoms with Crippen LogP contribution in [0.3, 0.4) is 0 Å². The van der Waals surface area contributed by atoms with Crippen molar-refractivity contribution in [2.45, 2.75) is 40.0 Å². The maximum atomic E-state index is 15.4. The number of aryl methyl sites for hydroxylation is 3. The Balaban J connectivity index is 1.56. The molecule has 8 heteroatoms. The van der Waals surface area contributed by atoms with E-state index in [4.69, 9.17) is 4.99 Å². The molecule has 1 N–H and O–H groups in total. The molecule has 2 aromatic heterocycles. The molecular formula is C31H31F2N5O. The van der Waals surface area contributed by atoms with Gasteiger partial charge in [-0.1, -0.05) is 44.2 Å². The lowest BCUT2D eigenvalue weighted by Crippen LogP contribution is -2.37. The van der Waals surface area contributed by atoms with Gasteiger partial charge in [-0.15, -0.1) is 0 Å². The van der Waals surface area contributed by atoms with Gasteiger partial charge in [0.05, 0.1) is 12.2 Å². The largest absolute Gasteiger partial charge is 0.494 e. The van der Waals surface area contributed by atoms with Crippen LogP contribution in [-0.2, 0) is 26.3 Å². The molecule has 0 atom stereocenters. The number of benzene rings is 2. The molecule has 2 aromatic carbocycles. The SMILES string of the molecule is CCc1cccc(CC)c1N1C(c2ccn(C)n2)=NCC(Cc2ccc(-c3ccnc(F)c3C)cc2F)=C1O. The summed E-state index contributed by atoms with van der Waals surface area (Å²) in [5.74, 6) is -0.413. The average Bonchev–Trinajstić information content (AvgIpc) is 3.37.